The van der Waals surface area contributed by atoms with Crippen molar-refractivity contribution in [1.29, 1.82) is 0 Å². The van der Waals surface area contributed by atoms with E-state index in [0.29, 0.717) is 9.50 Å². The fourth-order valence-electron chi connectivity index (χ4n) is 0.576. The highest BCUT2D eigenvalue weighted by molar-refractivity contribution is 9.10. The van der Waals surface area contributed by atoms with Crippen molar-refractivity contribution in [2.24, 2.45) is 0 Å². The normalized spacial score (nSPS) is 9.00. The van der Waals surface area contributed by atoms with Crippen molar-refractivity contribution < 1.29 is 18.2 Å². The Morgan fingerprint density at radius 1 is 1.55 bits per heavy atom. The van der Waals surface area contributed by atoms with Gasteiger partial charge in [0.05, 0.1) is 10.7 Å². The summed E-state index contributed by atoms with van der Waals surface area (Å²) in [5.74, 6) is -0.395. The van der Waals surface area contributed by atoms with Crippen molar-refractivity contribution in [3.63, 3.8) is 0 Å². The van der Waals surface area contributed by atoms with Gasteiger partial charge in [0.25, 0.3) is 0 Å². The van der Waals surface area contributed by atoms with Gasteiger partial charge in [-0.3, -0.25) is 0 Å². The fraction of sp³-hybridized carbons (Fsp3) is 0. The van der Waals surface area contributed by atoms with Crippen LogP contribution >= 0.6 is 27.5 Å². The molecular formula is C6H5BrCl2FN. The van der Waals surface area contributed by atoms with Crippen molar-refractivity contribution in [2.45, 2.75) is 0 Å². The molecule has 0 heterocycles. The lowest BCUT2D eigenvalue weighted by atomic mass is 10.3. The van der Waals surface area contributed by atoms with Crippen molar-refractivity contribution in [3.05, 3.63) is 27.4 Å². The van der Waals surface area contributed by atoms with E-state index in [-0.39, 0.29) is 19.5 Å². The van der Waals surface area contributed by atoms with E-state index in [2.05, 4.69) is 15.9 Å². The van der Waals surface area contributed by atoms with E-state index < -0.39 is 5.82 Å². The largest absolute Gasteiger partial charge is 1.00 e. The Balaban J connectivity index is 0. The smallest absolute Gasteiger partial charge is 1.00 e. The van der Waals surface area contributed by atoms with Crippen molar-refractivity contribution in [1.82, 2.24) is 0 Å². The molecule has 0 unspecified atom stereocenters. The molecule has 0 fully saturated rings. The lowest BCUT2D eigenvalue weighted by Crippen LogP contribution is -3.00. The molecule has 0 aromatic heterocycles. The number of halogens is 4. The van der Waals surface area contributed by atoms with Crippen LogP contribution in [0.1, 0.15) is 1.43 Å². The molecule has 0 saturated heterocycles. The van der Waals surface area contributed by atoms with E-state index in [4.69, 9.17) is 17.3 Å². The molecule has 0 radical (unpaired) electrons. The number of hydrogen-bond acceptors (Lipinski definition) is 1. The average molecular weight is 261 g/mol. The summed E-state index contributed by atoms with van der Waals surface area (Å²) in [6.45, 7) is 0. The van der Waals surface area contributed by atoms with Gasteiger partial charge >= 0.3 is 1.43 Å². The third-order valence-electron chi connectivity index (χ3n) is 1.02. The molecule has 0 aliphatic carbocycles. The summed E-state index contributed by atoms with van der Waals surface area (Å²) in [5, 5.41) is 0.349. The van der Waals surface area contributed by atoms with Crippen LogP contribution in [0.5, 0.6) is 0 Å². The SMILES string of the molecule is Nc1cc(F)cc(Br)c1Cl.[Cl-].[H+]. The number of hydrogen-bond donors (Lipinski definition) is 1. The third kappa shape index (κ3) is 2.51. The molecule has 0 aliphatic heterocycles. The van der Waals surface area contributed by atoms with Crippen LogP contribution in [0.2, 0.25) is 5.02 Å². The Labute approximate surface area is 84.7 Å². The Kier molecular flexibility index (Phi) is 4.14. The van der Waals surface area contributed by atoms with Gasteiger partial charge in [-0.15, -0.1) is 0 Å². The van der Waals surface area contributed by atoms with Crippen LogP contribution in [-0.2, 0) is 0 Å². The average Bonchev–Trinajstić information content (AvgIpc) is 1.82. The maximum absolute atomic E-state index is 12.4. The number of rotatable bonds is 0. The molecule has 11 heavy (non-hydrogen) atoms. The number of benzene rings is 1. The summed E-state index contributed by atoms with van der Waals surface area (Å²) in [6, 6.07) is 2.44. The zero-order valence-electron chi connectivity index (χ0n) is 6.24. The summed E-state index contributed by atoms with van der Waals surface area (Å²) in [6.07, 6.45) is 0. The number of nitrogen functional groups attached to an aromatic ring is 1. The van der Waals surface area contributed by atoms with Crippen LogP contribution in [0.15, 0.2) is 16.6 Å². The van der Waals surface area contributed by atoms with E-state index in [0.717, 1.165) is 0 Å². The van der Waals surface area contributed by atoms with Crippen LogP contribution in [0.4, 0.5) is 10.1 Å². The second kappa shape index (κ2) is 4.14. The van der Waals surface area contributed by atoms with Gasteiger partial charge in [0.1, 0.15) is 5.82 Å². The summed E-state index contributed by atoms with van der Waals surface area (Å²) in [4.78, 5) is 0. The van der Waals surface area contributed by atoms with Crippen LogP contribution in [-0.4, -0.2) is 0 Å². The maximum atomic E-state index is 12.4. The molecule has 1 rings (SSSR count). The Bertz CT molecular complexity index is 249. The topological polar surface area (TPSA) is 26.0 Å². The zero-order chi connectivity index (χ0) is 7.72. The first kappa shape index (κ1) is 11.0. The van der Waals surface area contributed by atoms with Crippen LogP contribution < -0.4 is 18.1 Å². The molecule has 1 nitrogen and oxygen atoms in total. The van der Waals surface area contributed by atoms with Gasteiger partial charge in [-0.05, 0) is 28.1 Å². The molecule has 0 spiro atoms. The molecule has 1 aromatic rings. The van der Waals surface area contributed by atoms with Gasteiger partial charge in [0.15, 0.2) is 0 Å². The molecule has 0 amide bonds. The first-order chi connectivity index (χ1) is 4.61. The molecule has 62 valence electrons. The fourth-order valence-corrected chi connectivity index (χ4v) is 1.13. The lowest BCUT2D eigenvalue weighted by molar-refractivity contribution is -0.00000249. The van der Waals surface area contributed by atoms with Crippen LogP contribution in [0, 0.1) is 5.82 Å². The molecule has 5 heteroatoms. The standard InChI is InChI=1S/C6H4BrClFN.ClH/c7-4-1-3(9)2-5(10)6(4)8;/h1-2H,10H2;1H. The van der Waals surface area contributed by atoms with E-state index in [9.17, 15) is 4.39 Å². The molecular weight excluding hydrogens is 256 g/mol. The monoisotopic (exact) mass is 259 g/mol. The maximum Gasteiger partial charge on any atom is 1.00 e. The molecule has 1 aromatic carbocycles. The highest BCUT2D eigenvalue weighted by Crippen LogP contribution is 2.28. The van der Waals surface area contributed by atoms with Crippen LogP contribution in [0.25, 0.3) is 0 Å². The summed E-state index contributed by atoms with van der Waals surface area (Å²) in [7, 11) is 0. The van der Waals surface area contributed by atoms with Gasteiger partial charge in [-0.2, -0.15) is 0 Å². The van der Waals surface area contributed by atoms with Gasteiger partial charge in [-0.25, -0.2) is 4.39 Å². The number of nitrogens with two attached hydrogens (primary N) is 1. The summed E-state index contributed by atoms with van der Waals surface area (Å²) < 4.78 is 12.9. The lowest BCUT2D eigenvalue weighted by Gasteiger charge is -1.99. The van der Waals surface area contributed by atoms with Crippen molar-refractivity contribution in [3.8, 4) is 0 Å². The second-order valence-corrected chi connectivity index (χ2v) is 3.02. The number of anilines is 1. The van der Waals surface area contributed by atoms with Gasteiger partial charge in [-0.1, -0.05) is 11.6 Å². The highest BCUT2D eigenvalue weighted by Gasteiger charge is 2.02. The zero-order valence-corrected chi connectivity index (χ0v) is 8.34. The van der Waals surface area contributed by atoms with Gasteiger partial charge in [0.2, 0.25) is 0 Å². The molecule has 0 saturated carbocycles. The Morgan fingerprint density at radius 3 is 2.55 bits per heavy atom. The summed E-state index contributed by atoms with van der Waals surface area (Å²) >= 11 is 8.66. The van der Waals surface area contributed by atoms with Crippen molar-refractivity contribution in [2.75, 3.05) is 5.73 Å². The van der Waals surface area contributed by atoms with Gasteiger partial charge < -0.3 is 18.1 Å². The minimum atomic E-state index is -0.395. The van der Waals surface area contributed by atoms with E-state index >= 15 is 0 Å². The minimum Gasteiger partial charge on any atom is -1.00 e. The molecule has 0 aliphatic rings. The second-order valence-electron chi connectivity index (χ2n) is 1.79. The van der Waals surface area contributed by atoms with Crippen molar-refractivity contribution >= 4 is 33.2 Å². The molecule has 0 atom stereocenters. The van der Waals surface area contributed by atoms with E-state index in [1.54, 1.807) is 0 Å². The van der Waals surface area contributed by atoms with Gasteiger partial charge in [0, 0.05) is 4.47 Å². The first-order valence-corrected chi connectivity index (χ1v) is 3.68. The molecule has 2 N–H and O–H groups in total. The minimum absolute atomic E-state index is 0. The molecule has 0 bridgehead atoms. The van der Waals surface area contributed by atoms with E-state index in [1.807, 2.05) is 0 Å². The predicted molar refractivity (Wildman–Crippen MR) is 44.6 cm³/mol. The van der Waals surface area contributed by atoms with E-state index in [1.165, 1.54) is 12.1 Å². The highest BCUT2D eigenvalue weighted by atomic mass is 79.9. The Morgan fingerprint density at radius 2 is 2.09 bits per heavy atom. The third-order valence-corrected chi connectivity index (χ3v) is 2.30. The van der Waals surface area contributed by atoms with Crippen LogP contribution in [0.3, 0.4) is 0 Å². The quantitative estimate of drug-likeness (QED) is 0.514. The predicted octanol–water partition coefficient (Wildman–Crippen LogP) is -0.0597. The first-order valence-electron chi connectivity index (χ1n) is 2.51. The summed E-state index contributed by atoms with van der Waals surface area (Å²) in [5.41, 5.74) is 5.56. The Hall–Kier alpha value is 0.01000.